The van der Waals surface area contributed by atoms with Crippen molar-refractivity contribution in [1.82, 2.24) is 24.9 Å². The molecule has 0 saturated heterocycles. The maximum atomic E-state index is 5.21. The Labute approximate surface area is 347 Å². The fraction of sp³-hybridized carbons (Fsp3) is 0.222. The standard InChI is InChI=1S/C54H47N5/c1-35-31-49(36(2)30-48(35)37-14-6-7-15-37)54-58-52(39-16-4-3-5-17-39)57-53(59-54)40-24-22-38(23-25-40)44-26-27-45(47-19-9-8-18-46(44)47)41-32-42(50-20-10-12-28-55-50)34-43(33-41)51-21-11-13-29-56-51/h4,6,8-29,31-32,34-36,43,46-48H,3,5,30,33H2,1-2H3. The van der Waals surface area contributed by atoms with Crippen LogP contribution in [-0.4, -0.2) is 24.9 Å². The van der Waals surface area contributed by atoms with Crippen molar-refractivity contribution in [2.45, 2.75) is 45.4 Å². The smallest absolute Gasteiger partial charge is 0.164 e. The van der Waals surface area contributed by atoms with Crippen LogP contribution in [0.3, 0.4) is 0 Å². The van der Waals surface area contributed by atoms with Crippen LogP contribution >= 0.6 is 0 Å². The van der Waals surface area contributed by atoms with Crippen LogP contribution < -0.4 is 0 Å². The zero-order chi connectivity index (χ0) is 39.7. The van der Waals surface area contributed by atoms with Gasteiger partial charge >= 0.3 is 0 Å². The van der Waals surface area contributed by atoms with Crippen molar-refractivity contribution >= 4 is 22.3 Å². The fourth-order valence-corrected chi connectivity index (χ4v) is 9.64. The third-order valence-electron chi connectivity index (χ3n) is 12.7. The Morgan fingerprint density at radius 2 is 1.44 bits per heavy atom. The van der Waals surface area contributed by atoms with Gasteiger partial charge in [-0.3, -0.25) is 9.97 Å². The summed E-state index contributed by atoms with van der Waals surface area (Å²) >= 11 is 0. The maximum Gasteiger partial charge on any atom is 0.164 e. The van der Waals surface area contributed by atoms with Gasteiger partial charge in [0.25, 0.3) is 0 Å². The summed E-state index contributed by atoms with van der Waals surface area (Å²) in [6.45, 7) is 4.63. The van der Waals surface area contributed by atoms with E-state index in [1.54, 1.807) is 0 Å². The van der Waals surface area contributed by atoms with E-state index in [1.807, 2.05) is 30.6 Å². The van der Waals surface area contributed by atoms with Gasteiger partial charge in [0, 0.05) is 47.0 Å². The molecule has 6 atom stereocenters. The Bertz CT molecular complexity index is 2670. The number of hydrogen-bond donors (Lipinski definition) is 0. The zero-order valence-electron chi connectivity index (χ0n) is 33.6. The SMILES string of the molecule is CC1CC(C2=CC=C=C2)C(C)C=C1c1nc(C2=CCCC=C2)nc(-c2ccc(C3=CC=C(C4=CC(c5ccccn5)=CC(c5ccccn5)C4)C4C=CC=CC34)cc2)n1. The Morgan fingerprint density at radius 1 is 0.678 bits per heavy atom. The lowest BCUT2D eigenvalue weighted by Crippen LogP contribution is -2.22. The zero-order valence-corrected chi connectivity index (χ0v) is 33.6. The first-order valence-corrected chi connectivity index (χ1v) is 21.2. The molecule has 6 unspecified atom stereocenters. The van der Waals surface area contributed by atoms with Gasteiger partial charge < -0.3 is 0 Å². The summed E-state index contributed by atoms with van der Waals surface area (Å²) in [5.41, 5.74) is 16.3. The molecular formula is C54H47N5. The third-order valence-corrected chi connectivity index (χ3v) is 12.7. The van der Waals surface area contributed by atoms with Crippen molar-refractivity contribution in [2.75, 3.05) is 0 Å². The molecule has 0 saturated carbocycles. The largest absolute Gasteiger partial charge is 0.261 e. The molecule has 1 aromatic carbocycles. The minimum absolute atomic E-state index is 0.165. The predicted molar refractivity (Wildman–Crippen MR) is 240 cm³/mol. The molecule has 6 aliphatic rings. The number of nitrogens with zero attached hydrogens (tertiary/aromatic N) is 5. The van der Waals surface area contributed by atoms with Gasteiger partial charge in [0.05, 0.1) is 5.69 Å². The van der Waals surface area contributed by atoms with Crippen LogP contribution in [0.4, 0.5) is 0 Å². The first-order valence-electron chi connectivity index (χ1n) is 21.2. The quantitative estimate of drug-likeness (QED) is 0.167. The van der Waals surface area contributed by atoms with Crippen LogP contribution in [-0.2, 0) is 0 Å². The van der Waals surface area contributed by atoms with Crippen molar-refractivity contribution in [1.29, 1.82) is 0 Å². The highest BCUT2D eigenvalue weighted by Crippen LogP contribution is 2.47. The Morgan fingerprint density at radius 3 is 2.19 bits per heavy atom. The Kier molecular flexibility index (Phi) is 9.97. The number of fused-ring (bicyclic) bond motifs is 1. The van der Waals surface area contributed by atoms with Crippen LogP contribution in [0.5, 0.6) is 0 Å². The molecule has 5 nitrogen and oxygen atoms in total. The van der Waals surface area contributed by atoms with E-state index in [1.165, 1.54) is 33.4 Å². The number of allylic oxidation sites excluding steroid dienone is 21. The van der Waals surface area contributed by atoms with Gasteiger partial charge in [0.1, 0.15) is 0 Å². The van der Waals surface area contributed by atoms with Gasteiger partial charge in [-0.05, 0) is 125 Å². The monoisotopic (exact) mass is 765 g/mol. The van der Waals surface area contributed by atoms with E-state index in [4.69, 9.17) is 24.9 Å². The molecule has 5 heteroatoms. The minimum atomic E-state index is 0.165. The van der Waals surface area contributed by atoms with E-state index in [9.17, 15) is 0 Å². The number of rotatable bonds is 8. The van der Waals surface area contributed by atoms with Crippen LogP contribution in [0.15, 0.2) is 187 Å². The van der Waals surface area contributed by atoms with Gasteiger partial charge in [-0.2, -0.15) is 0 Å². The molecule has 59 heavy (non-hydrogen) atoms. The molecule has 0 fully saturated rings. The summed E-state index contributed by atoms with van der Waals surface area (Å²) in [5, 5.41) is 0. The molecule has 6 aliphatic carbocycles. The molecule has 0 aliphatic heterocycles. The van der Waals surface area contributed by atoms with Crippen molar-refractivity contribution < 1.29 is 0 Å². The lowest BCUT2D eigenvalue weighted by Gasteiger charge is -2.35. The summed E-state index contributed by atoms with van der Waals surface area (Å²) in [6, 6.07) is 21.2. The van der Waals surface area contributed by atoms with Crippen LogP contribution in [0, 0.1) is 29.6 Å². The number of benzene rings is 1. The summed E-state index contributed by atoms with van der Waals surface area (Å²) in [6.07, 6.45) is 41.7. The predicted octanol–water partition coefficient (Wildman–Crippen LogP) is 12.3. The lowest BCUT2D eigenvalue weighted by atomic mass is 9.69. The topological polar surface area (TPSA) is 64.5 Å². The molecule has 0 N–H and O–H groups in total. The van der Waals surface area contributed by atoms with Crippen molar-refractivity contribution in [2.24, 2.45) is 29.6 Å². The third kappa shape index (κ3) is 7.39. The number of pyridine rings is 2. The average molecular weight is 766 g/mol. The molecular weight excluding hydrogens is 719 g/mol. The Balaban J connectivity index is 0.985. The second-order valence-corrected chi connectivity index (χ2v) is 16.5. The van der Waals surface area contributed by atoms with Gasteiger partial charge in [0.2, 0.25) is 0 Å². The molecule has 3 heterocycles. The van der Waals surface area contributed by atoms with E-state index in [0.29, 0.717) is 23.6 Å². The van der Waals surface area contributed by atoms with Crippen LogP contribution in [0.2, 0.25) is 0 Å². The first-order chi connectivity index (χ1) is 29.1. The maximum absolute atomic E-state index is 5.21. The molecule has 288 valence electrons. The molecule has 0 spiro atoms. The van der Waals surface area contributed by atoms with Gasteiger partial charge in [-0.1, -0.05) is 123 Å². The molecule has 0 amide bonds. The highest BCUT2D eigenvalue weighted by atomic mass is 15.0. The average Bonchev–Trinajstić information content (AvgIpc) is 3.85. The van der Waals surface area contributed by atoms with Crippen molar-refractivity contribution in [3.8, 4) is 11.4 Å². The minimum Gasteiger partial charge on any atom is -0.261 e. The van der Waals surface area contributed by atoms with E-state index >= 15 is 0 Å². The van der Waals surface area contributed by atoms with E-state index < -0.39 is 0 Å². The molecule has 4 aromatic rings. The Hall–Kier alpha value is -6.55. The summed E-state index contributed by atoms with van der Waals surface area (Å²) in [5.74, 6) is 4.00. The van der Waals surface area contributed by atoms with Crippen LogP contribution in [0.25, 0.3) is 33.7 Å². The number of aromatic nitrogens is 5. The fourth-order valence-electron chi connectivity index (χ4n) is 9.64. The van der Waals surface area contributed by atoms with E-state index in [-0.39, 0.29) is 17.8 Å². The molecule has 10 rings (SSSR count). The van der Waals surface area contributed by atoms with Gasteiger partial charge in [-0.15, -0.1) is 5.73 Å². The van der Waals surface area contributed by atoms with E-state index in [2.05, 4.69) is 153 Å². The summed E-state index contributed by atoms with van der Waals surface area (Å²) in [4.78, 5) is 25.0. The molecule has 0 radical (unpaired) electrons. The highest BCUT2D eigenvalue weighted by molar-refractivity contribution is 5.80. The lowest BCUT2D eigenvalue weighted by molar-refractivity contribution is 0.398. The van der Waals surface area contributed by atoms with Crippen LogP contribution in [0.1, 0.15) is 74.0 Å². The van der Waals surface area contributed by atoms with Gasteiger partial charge in [0.15, 0.2) is 17.5 Å². The summed E-state index contributed by atoms with van der Waals surface area (Å²) in [7, 11) is 0. The molecule has 0 bridgehead atoms. The second kappa shape index (κ2) is 16.0. The second-order valence-electron chi connectivity index (χ2n) is 16.5. The summed E-state index contributed by atoms with van der Waals surface area (Å²) < 4.78 is 0. The molecule has 3 aromatic heterocycles. The van der Waals surface area contributed by atoms with Crippen molar-refractivity contribution in [3.63, 3.8) is 0 Å². The highest BCUT2D eigenvalue weighted by Gasteiger charge is 2.34. The number of hydrogen-bond acceptors (Lipinski definition) is 5. The first kappa shape index (κ1) is 36.8. The normalized spacial score (nSPS) is 25.6. The van der Waals surface area contributed by atoms with Crippen molar-refractivity contribution in [3.05, 3.63) is 215 Å². The van der Waals surface area contributed by atoms with E-state index in [0.717, 1.165) is 65.4 Å². The van der Waals surface area contributed by atoms with Gasteiger partial charge in [-0.25, -0.2) is 15.0 Å².